The summed E-state index contributed by atoms with van der Waals surface area (Å²) in [4.78, 5) is 36.9. The van der Waals surface area contributed by atoms with E-state index in [2.05, 4.69) is 20.1 Å². The molecule has 11 heteroatoms. The number of nitrogens with zero attached hydrogens (tertiary/aromatic N) is 3. The maximum Gasteiger partial charge on any atom is 0.341 e. The second-order valence-corrected chi connectivity index (χ2v) is 9.21. The van der Waals surface area contributed by atoms with Gasteiger partial charge in [0.2, 0.25) is 5.91 Å². The van der Waals surface area contributed by atoms with Crippen LogP contribution < -0.4 is 11.1 Å². The molecule has 1 aliphatic carbocycles. The lowest BCUT2D eigenvalue weighted by Crippen LogP contribution is -2.17. The third-order valence-electron chi connectivity index (χ3n) is 5.22. The van der Waals surface area contributed by atoms with Crippen LogP contribution in [0.1, 0.15) is 76.9 Å². The summed E-state index contributed by atoms with van der Waals surface area (Å²) in [5.74, 6) is -0.0528. The van der Waals surface area contributed by atoms with E-state index >= 15 is 0 Å². The van der Waals surface area contributed by atoms with Crippen molar-refractivity contribution in [3.05, 3.63) is 21.8 Å². The van der Waals surface area contributed by atoms with Gasteiger partial charge in [-0.3, -0.25) is 9.59 Å². The number of hydrogen-bond acceptors (Lipinski definition) is 8. The van der Waals surface area contributed by atoms with Crippen LogP contribution in [-0.2, 0) is 16.1 Å². The fraction of sp³-hybridized carbons (Fsp3) is 0.550. The van der Waals surface area contributed by atoms with E-state index in [9.17, 15) is 14.4 Å². The molecule has 2 amide bonds. The van der Waals surface area contributed by atoms with Gasteiger partial charge in [-0.05, 0) is 39.2 Å². The van der Waals surface area contributed by atoms with Crippen molar-refractivity contribution in [1.29, 1.82) is 0 Å². The Morgan fingerprint density at radius 1 is 1.26 bits per heavy atom. The van der Waals surface area contributed by atoms with Gasteiger partial charge in [0.1, 0.15) is 10.8 Å². The fourth-order valence-electron chi connectivity index (χ4n) is 3.77. The van der Waals surface area contributed by atoms with Crippen molar-refractivity contribution < 1.29 is 19.1 Å². The van der Waals surface area contributed by atoms with E-state index in [1.54, 1.807) is 13.8 Å². The van der Waals surface area contributed by atoms with Crippen molar-refractivity contribution in [1.82, 2.24) is 14.8 Å². The van der Waals surface area contributed by atoms with E-state index in [1.165, 1.54) is 24.6 Å². The third kappa shape index (κ3) is 5.09. The Morgan fingerprint density at radius 2 is 1.97 bits per heavy atom. The molecule has 0 saturated heterocycles. The second kappa shape index (κ2) is 10.3. The highest BCUT2D eigenvalue weighted by molar-refractivity contribution is 7.99. The summed E-state index contributed by atoms with van der Waals surface area (Å²) < 4.78 is 7.14. The topological polar surface area (TPSA) is 129 Å². The van der Waals surface area contributed by atoms with Gasteiger partial charge in [-0.15, -0.1) is 21.5 Å². The number of nitrogens with one attached hydrogen (secondary N) is 1. The molecule has 31 heavy (non-hydrogen) atoms. The van der Waals surface area contributed by atoms with E-state index in [-0.39, 0.29) is 33.7 Å². The maximum atomic E-state index is 12.6. The first-order valence-corrected chi connectivity index (χ1v) is 12.1. The molecule has 168 valence electrons. The van der Waals surface area contributed by atoms with Gasteiger partial charge in [-0.2, -0.15) is 0 Å². The number of thioether (sulfide) groups is 1. The second-order valence-electron chi connectivity index (χ2n) is 7.25. The van der Waals surface area contributed by atoms with Crippen LogP contribution >= 0.6 is 23.1 Å². The standard InChI is InChI=1S/C20H27N5O4S2/c1-4-25-17(12-8-6-7-9-12)23-24-20(25)30-10-13(26)22-18-14(19(28)29-5-2)11(3)15(31-18)16(21)27/h12H,4-10H2,1-3H3,(H2,21,27)(H,22,26). The van der Waals surface area contributed by atoms with Gasteiger partial charge in [0.05, 0.1) is 22.8 Å². The summed E-state index contributed by atoms with van der Waals surface area (Å²) in [6.07, 6.45) is 4.67. The van der Waals surface area contributed by atoms with Crippen LogP contribution in [0.3, 0.4) is 0 Å². The molecule has 0 radical (unpaired) electrons. The molecular formula is C20H27N5O4S2. The summed E-state index contributed by atoms with van der Waals surface area (Å²) in [6.45, 7) is 6.26. The summed E-state index contributed by atoms with van der Waals surface area (Å²) in [5, 5.41) is 12.3. The molecule has 2 aromatic rings. The molecule has 2 heterocycles. The molecule has 1 fully saturated rings. The van der Waals surface area contributed by atoms with E-state index < -0.39 is 11.9 Å². The molecule has 0 atom stereocenters. The average Bonchev–Trinajstić information content (AvgIpc) is 3.44. The number of esters is 1. The molecule has 1 aliphatic rings. The Labute approximate surface area is 189 Å². The first kappa shape index (κ1) is 23.3. The predicted octanol–water partition coefficient (Wildman–Crippen LogP) is 3.33. The number of carbonyl (C=O) groups excluding carboxylic acids is 3. The van der Waals surface area contributed by atoms with Crippen molar-refractivity contribution in [3.63, 3.8) is 0 Å². The molecule has 0 aliphatic heterocycles. The third-order valence-corrected chi connectivity index (χ3v) is 7.41. The number of thiophene rings is 1. The van der Waals surface area contributed by atoms with Crippen molar-refractivity contribution in [2.24, 2.45) is 5.73 Å². The average molecular weight is 466 g/mol. The van der Waals surface area contributed by atoms with Gasteiger partial charge in [0, 0.05) is 12.5 Å². The smallest absolute Gasteiger partial charge is 0.341 e. The van der Waals surface area contributed by atoms with Crippen LogP contribution in [0.4, 0.5) is 5.00 Å². The van der Waals surface area contributed by atoms with Crippen molar-refractivity contribution >= 4 is 45.9 Å². The first-order valence-electron chi connectivity index (χ1n) is 10.3. The zero-order chi connectivity index (χ0) is 22.5. The van der Waals surface area contributed by atoms with Gasteiger partial charge < -0.3 is 20.4 Å². The minimum Gasteiger partial charge on any atom is -0.462 e. The highest BCUT2D eigenvalue weighted by Crippen LogP contribution is 2.35. The zero-order valence-electron chi connectivity index (χ0n) is 17.9. The number of hydrogen-bond donors (Lipinski definition) is 2. The molecule has 9 nitrogen and oxygen atoms in total. The summed E-state index contributed by atoms with van der Waals surface area (Å²) >= 11 is 2.27. The van der Waals surface area contributed by atoms with Crippen molar-refractivity contribution in [2.75, 3.05) is 17.7 Å². The van der Waals surface area contributed by atoms with E-state index in [0.717, 1.165) is 36.5 Å². The highest BCUT2D eigenvalue weighted by Gasteiger charge is 2.27. The number of ether oxygens (including phenoxy) is 1. The van der Waals surface area contributed by atoms with Crippen LogP contribution in [0.5, 0.6) is 0 Å². The molecule has 1 saturated carbocycles. The lowest BCUT2D eigenvalue weighted by molar-refractivity contribution is -0.113. The minimum atomic E-state index is -0.654. The quantitative estimate of drug-likeness (QED) is 0.429. The fourth-order valence-corrected chi connectivity index (χ4v) is 5.64. The summed E-state index contributed by atoms with van der Waals surface area (Å²) in [6, 6.07) is 0. The lowest BCUT2D eigenvalue weighted by Gasteiger charge is -2.11. The Kier molecular flexibility index (Phi) is 7.71. The maximum absolute atomic E-state index is 12.6. The Bertz CT molecular complexity index is 979. The molecule has 0 spiro atoms. The molecule has 2 aromatic heterocycles. The van der Waals surface area contributed by atoms with Crippen molar-refractivity contribution in [3.8, 4) is 0 Å². The Morgan fingerprint density at radius 3 is 2.58 bits per heavy atom. The number of carbonyl (C=O) groups is 3. The number of amides is 2. The van der Waals surface area contributed by atoms with E-state index in [1.807, 2.05) is 6.92 Å². The number of anilines is 1. The first-order chi connectivity index (χ1) is 14.9. The van der Waals surface area contributed by atoms with Crippen LogP contribution in [0.2, 0.25) is 0 Å². The summed E-state index contributed by atoms with van der Waals surface area (Å²) in [5.41, 5.74) is 5.98. The number of aromatic nitrogens is 3. The Hall–Kier alpha value is -2.40. The monoisotopic (exact) mass is 465 g/mol. The zero-order valence-corrected chi connectivity index (χ0v) is 19.5. The normalized spacial score (nSPS) is 14.0. The van der Waals surface area contributed by atoms with Crippen LogP contribution in [-0.4, -0.2) is 44.9 Å². The van der Waals surface area contributed by atoms with E-state index in [0.29, 0.717) is 16.6 Å². The molecule has 0 bridgehead atoms. The number of rotatable bonds is 9. The van der Waals surface area contributed by atoms with Gasteiger partial charge in [-0.1, -0.05) is 24.6 Å². The van der Waals surface area contributed by atoms with Gasteiger partial charge in [0.25, 0.3) is 5.91 Å². The predicted molar refractivity (Wildman–Crippen MR) is 120 cm³/mol. The largest absolute Gasteiger partial charge is 0.462 e. The van der Waals surface area contributed by atoms with Crippen LogP contribution in [0, 0.1) is 6.92 Å². The van der Waals surface area contributed by atoms with Crippen LogP contribution in [0.15, 0.2) is 5.16 Å². The molecule has 0 aromatic carbocycles. The lowest BCUT2D eigenvalue weighted by atomic mass is 10.1. The van der Waals surface area contributed by atoms with Gasteiger partial charge in [0.15, 0.2) is 5.16 Å². The summed E-state index contributed by atoms with van der Waals surface area (Å²) in [7, 11) is 0. The molecule has 3 rings (SSSR count). The SMILES string of the molecule is CCOC(=O)c1c(NC(=O)CSc2nnc(C3CCCC3)n2CC)sc(C(N)=O)c1C. The highest BCUT2D eigenvalue weighted by atomic mass is 32.2. The molecular weight excluding hydrogens is 438 g/mol. The van der Waals surface area contributed by atoms with Gasteiger partial charge in [-0.25, -0.2) is 4.79 Å². The Balaban J connectivity index is 1.72. The number of nitrogens with two attached hydrogens (primary N) is 1. The van der Waals surface area contributed by atoms with E-state index in [4.69, 9.17) is 10.5 Å². The van der Waals surface area contributed by atoms with Gasteiger partial charge >= 0.3 is 5.97 Å². The molecule has 3 N–H and O–H groups in total. The number of primary amides is 1. The molecule has 0 unspecified atom stereocenters. The minimum absolute atomic E-state index is 0.0912. The van der Waals surface area contributed by atoms with Crippen LogP contribution in [0.25, 0.3) is 0 Å². The van der Waals surface area contributed by atoms with Crippen molar-refractivity contribution in [2.45, 2.75) is 64.1 Å².